The summed E-state index contributed by atoms with van der Waals surface area (Å²) in [5.41, 5.74) is 0. The quantitative estimate of drug-likeness (QED) is 0.146. The Morgan fingerprint density at radius 3 is 1.18 bits per heavy atom. The van der Waals surface area contributed by atoms with Crippen molar-refractivity contribution in [2.45, 2.75) is 155 Å². The molecule has 0 spiro atoms. The highest BCUT2D eigenvalue weighted by atomic mass is 16.7. The maximum absolute atomic E-state index is 10.8. The molecule has 0 aromatic rings. The number of rotatable bonds is 22. The maximum Gasteiger partial charge on any atom is 0.506 e. The molecule has 0 saturated heterocycles. The fourth-order valence-corrected chi connectivity index (χ4v) is 3.95. The summed E-state index contributed by atoms with van der Waals surface area (Å²) in [5.74, 6) is 0. The van der Waals surface area contributed by atoms with Gasteiger partial charge in [0.1, 0.15) is 6.10 Å². The third-order valence-corrected chi connectivity index (χ3v) is 5.78. The van der Waals surface area contributed by atoms with Crippen molar-refractivity contribution in [3.63, 3.8) is 0 Å². The van der Waals surface area contributed by atoms with E-state index < -0.39 is 6.16 Å². The van der Waals surface area contributed by atoms with E-state index in [0.717, 1.165) is 25.7 Å². The van der Waals surface area contributed by atoms with E-state index in [1.54, 1.807) is 0 Å². The molecule has 0 aliphatic heterocycles. The van der Waals surface area contributed by atoms with E-state index in [2.05, 4.69) is 13.8 Å². The molecule has 0 rings (SSSR count). The first kappa shape index (κ1) is 27.3. The average molecular weight is 399 g/mol. The number of unbranched alkanes of at least 4 members (excludes halogenated alkanes) is 17. The summed E-state index contributed by atoms with van der Waals surface area (Å²) in [6.07, 6.45) is 25.7. The van der Waals surface area contributed by atoms with E-state index >= 15 is 0 Å². The summed E-state index contributed by atoms with van der Waals surface area (Å²) >= 11 is 0. The molecule has 0 aliphatic rings. The van der Waals surface area contributed by atoms with E-state index in [4.69, 9.17) is 9.84 Å². The van der Waals surface area contributed by atoms with Crippen LogP contribution in [-0.4, -0.2) is 17.4 Å². The topological polar surface area (TPSA) is 46.5 Å². The Labute approximate surface area is 176 Å². The predicted molar refractivity (Wildman–Crippen MR) is 121 cm³/mol. The Bertz CT molecular complexity index is 317. The van der Waals surface area contributed by atoms with E-state index in [1.807, 2.05) is 0 Å². The molecule has 0 aromatic heterocycles. The molecule has 1 unspecified atom stereocenters. The fraction of sp³-hybridized carbons (Fsp3) is 0.960. The average Bonchev–Trinajstić information content (AvgIpc) is 2.67. The highest BCUT2D eigenvalue weighted by molar-refractivity contribution is 5.57. The van der Waals surface area contributed by atoms with Gasteiger partial charge in [-0.3, -0.25) is 0 Å². The van der Waals surface area contributed by atoms with Gasteiger partial charge >= 0.3 is 6.16 Å². The van der Waals surface area contributed by atoms with Crippen LogP contribution in [0.25, 0.3) is 0 Å². The zero-order valence-corrected chi connectivity index (χ0v) is 19.2. The number of hydrogen-bond donors (Lipinski definition) is 1. The standard InChI is InChI=1S/C25H50O3/c1-3-5-7-9-10-11-12-13-14-15-16-17-18-19-21-23-24(28-25(26)27)22-20-8-6-4-2/h24H,3-23H2,1-2H3,(H,26,27). The summed E-state index contributed by atoms with van der Waals surface area (Å²) in [6, 6.07) is 0. The zero-order valence-electron chi connectivity index (χ0n) is 19.2. The van der Waals surface area contributed by atoms with Crippen molar-refractivity contribution >= 4 is 6.16 Å². The molecule has 0 fully saturated rings. The van der Waals surface area contributed by atoms with Crippen molar-refractivity contribution in [3.05, 3.63) is 0 Å². The van der Waals surface area contributed by atoms with Gasteiger partial charge in [-0.1, -0.05) is 123 Å². The Balaban J connectivity index is 3.39. The molecular weight excluding hydrogens is 348 g/mol. The third-order valence-electron chi connectivity index (χ3n) is 5.78. The molecule has 0 aromatic carbocycles. The normalized spacial score (nSPS) is 12.2. The van der Waals surface area contributed by atoms with Crippen LogP contribution in [0.1, 0.15) is 149 Å². The molecular formula is C25H50O3. The Kier molecular flexibility index (Phi) is 22.0. The van der Waals surface area contributed by atoms with Gasteiger partial charge in [0.25, 0.3) is 0 Å². The minimum absolute atomic E-state index is 0.0867. The molecule has 0 radical (unpaired) electrons. The van der Waals surface area contributed by atoms with Crippen LogP contribution in [0.2, 0.25) is 0 Å². The van der Waals surface area contributed by atoms with E-state index in [9.17, 15) is 4.79 Å². The highest BCUT2D eigenvalue weighted by Crippen LogP contribution is 2.17. The number of carbonyl (C=O) groups is 1. The van der Waals surface area contributed by atoms with Crippen LogP contribution in [0, 0.1) is 0 Å². The zero-order chi connectivity index (χ0) is 20.7. The molecule has 1 N–H and O–H groups in total. The first-order valence-corrected chi connectivity index (χ1v) is 12.6. The minimum atomic E-state index is -1.11. The van der Waals surface area contributed by atoms with Crippen molar-refractivity contribution < 1.29 is 14.6 Å². The molecule has 0 bridgehead atoms. The first-order valence-electron chi connectivity index (χ1n) is 12.6. The summed E-state index contributed by atoms with van der Waals surface area (Å²) in [6.45, 7) is 4.47. The Morgan fingerprint density at radius 1 is 0.571 bits per heavy atom. The van der Waals surface area contributed by atoms with Crippen molar-refractivity contribution in [1.82, 2.24) is 0 Å². The van der Waals surface area contributed by atoms with Crippen LogP contribution < -0.4 is 0 Å². The van der Waals surface area contributed by atoms with Crippen molar-refractivity contribution in [2.75, 3.05) is 0 Å². The van der Waals surface area contributed by atoms with Gasteiger partial charge in [0, 0.05) is 0 Å². The van der Waals surface area contributed by atoms with Crippen LogP contribution >= 0.6 is 0 Å². The van der Waals surface area contributed by atoms with Gasteiger partial charge in [-0.25, -0.2) is 4.79 Å². The second-order valence-electron chi connectivity index (χ2n) is 8.59. The van der Waals surface area contributed by atoms with Crippen LogP contribution in [0.4, 0.5) is 4.79 Å². The SMILES string of the molecule is CCCCCCCCCCCCCCCCCC(CCCCCC)OC(=O)O. The second-order valence-corrected chi connectivity index (χ2v) is 8.59. The Morgan fingerprint density at radius 2 is 0.857 bits per heavy atom. The summed E-state index contributed by atoms with van der Waals surface area (Å²) in [5, 5.41) is 8.89. The van der Waals surface area contributed by atoms with Gasteiger partial charge < -0.3 is 9.84 Å². The monoisotopic (exact) mass is 398 g/mol. The van der Waals surface area contributed by atoms with Gasteiger partial charge in [-0.05, 0) is 25.7 Å². The molecule has 3 heteroatoms. The molecule has 0 amide bonds. The predicted octanol–water partition coefficient (Wildman–Crippen LogP) is 9.28. The van der Waals surface area contributed by atoms with Gasteiger partial charge in [0.05, 0.1) is 0 Å². The molecule has 1 atom stereocenters. The number of hydrogen-bond acceptors (Lipinski definition) is 2. The van der Waals surface area contributed by atoms with E-state index in [0.29, 0.717) is 0 Å². The Hall–Kier alpha value is -0.730. The highest BCUT2D eigenvalue weighted by Gasteiger charge is 2.12. The van der Waals surface area contributed by atoms with Gasteiger partial charge in [0.2, 0.25) is 0 Å². The van der Waals surface area contributed by atoms with Gasteiger partial charge in [-0.15, -0.1) is 0 Å². The molecule has 0 heterocycles. The van der Waals surface area contributed by atoms with E-state index in [1.165, 1.54) is 109 Å². The molecule has 28 heavy (non-hydrogen) atoms. The van der Waals surface area contributed by atoms with Crippen LogP contribution in [0.5, 0.6) is 0 Å². The lowest BCUT2D eigenvalue weighted by molar-refractivity contribution is 0.0422. The van der Waals surface area contributed by atoms with E-state index in [-0.39, 0.29) is 6.10 Å². The van der Waals surface area contributed by atoms with Gasteiger partial charge in [-0.2, -0.15) is 0 Å². The molecule has 168 valence electrons. The largest absolute Gasteiger partial charge is 0.506 e. The number of ether oxygens (including phenoxy) is 1. The summed E-state index contributed by atoms with van der Waals surface area (Å²) in [7, 11) is 0. The minimum Gasteiger partial charge on any atom is -0.450 e. The van der Waals surface area contributed by atoms with Crippen LogP contribution in [0.15, 0.2) is 0 Å². The van der Waals surface area contributed by atoms with Crippen molar-refractivity contribution in [1.29, 1.82) is 0 Å². The maximum atomic E-state index is 10.8. The van der Waals surface area contributed by atoms with Crippen molar-refractivity contribution in [3.8, 4) is 0 Å². The first-order chi connectivity index (χ1) is 13.7. The molecule has 0 aliphatic carbocycles. The fourth-order valence-electron chi connectivity index (χ4n) is 3.95. The molecule has 3 nitrogen and oxygen atoms in total. The van der Waals surface area contributed by atoms with Crippen LogP contribution in [-0.2, 0) is 4.74 Å². The third kappa shape index (κ3) is 21.6. The lowest BCUT2D eigenvalue weighted by Gasteiger charge is -2.15. The molecule has 0 saturated carbocycles. The lowest BCUT2D eigenvalue weighted by Crippen LogP contribution is -2.16. The second kappa shape index (κ2) is 22.6. The van der Waals surface area contributed by atoms with Crippen LogP contribution in [0.3, 0.4) is 0 Å². The lowest BCUT2D eigenvalue weighted by atomic mass is 10.0. The van der Waals surface area contributed by atoms with Gasteiger partial charge in [0.15, 0.2) is 0 Å². The summed E-state index contributed by atoms with van der Waals surface area (Å²) < 4.78 is 5.07. The number of carboxylic acid groups (broad SMARTS) is 1. The summed E-state index contributed by atoms with van der Waals surface area (Å²) in [4.78, 5) is 10.8. The smallest absolute Gasteiger partial charge is 0.450 e. The van der Waals surface area contributed by atoms with Crippen molar-refractivity contribution in [2.24, 2.45) is 0 Å².